The summed E-state index contributed by atoms with van der Waals surface area (Å²) in [5, 5.41) is 0.596. The van der Waals surface area contributed by atoms with Crippen LogP contribution in [0.2, 0.25) is 0 Å². The molecular weight excluding hydrogens is 274 g/mol. The highest BCUT2D eigenvalue weighted by Gasteiger charge is 2.18. The molecule has 5 nitrogen and oxygen atoms in total. The van der Waals surface area contributed by atoms with Gasteiger partial charge >= 0.3 is 0 Å². The Hall–Kier alpha value is -1.82. The minimum atomic E-state index is -0.0841. The van der Waals surface area contributed by atoms with Crippen LogP contribution in [0.3, 0.4) is 0 Å². The van der Waals surface area contributed by atoms with Crippen molar-refractivity contribution in [1.29, 1.82) is 0 Å². The minimum absolute atomic E-state index is 0.0841. The van der Waals surface area contributed by atoms with Crippen LogP contribution in [-0.2, 0) is 11.3 Å². The van der Waals surface area contributed by atoms with E-state index in [1.165, 1.54) is 10.9 Å². The van der Waals surface area contributed by atoms with Crippen molar-refractivity contribution < 1.29 is 4.79 Å². The number of aryl methyl sites for hydroxylation is 1. The molecule has 0 saturated carbocycles. The Morgan fingerprint density at radius 3 is 3.00 bits per heavy atom. The van der Waals surface area contributed by atoms with E-state index < -0.39 is 0 Å². The first-order valence-corrected chi connectivity index (χ1v) is 7.71. The van der Waals surface area contributed by atoms with Crippen LogP contribution >= 0.6 is 11.8 Å². The van der Waals surface area contributed by atoms with E-state index in [0.717, 1.165) is 18.2 Å². The quantitative estimate of drug-likeness (QED) is 0.855. The summed E-state index contributed by atoms with van der Waals surface area (Å²) in [6, 6.07) is 7.25. The van der Waals surface area contributed by atoms with Gasteiger partial charge in [-0.3, -0.25) is 14.2 Å². The number of nitrogens with zero attached hydrogens (tertiary/aromatic N) is 3. The molecule has 1 aromatic heterocycles. The zero-order valence-electron chi connectivity index (χ0n) is 11.0. The summed E-state index contributed by atoms with van der Waals surface area (Å²) in [5.41, 5.74) is 0.607. The van der Waals surface area contributed by atoms with Crippen LogP contribution in [0, 0.1) is 0 Å². The van der Waals surface area contributed by atoms with Gasteiger partial charge in [0, 0.05) is 25.3 Å². The lowest BCUT2D eigenvalue weighted by molar-refractivity contribution is -0.129. The van der Waals surface area contributed by atoms with Gasteiger partial charge in [-0.2, -0.15) is 0 Å². The van der Waals surface area contributed by atoms with Crippen molar-refractivity contribution in [3.8, 4) is 0 Å². The third-order valence-electron chi connectivity index (χ3n) is 3.40. The highest BCUT2D eigenvalue weighted by molar-refractivity contribution is 7.99. The van der Waals surface area contributed by atoms with Gasteiger partial charge in [0.1, 0.15) is 0 Å². The predicted molar refractivity (Wildman–Crippen MR) is 79.7 cm³/mol. The summed E-state index contributed by atoms with van der Waals surface area (Å²) in [6.45, 7) is 1.20. The molecule has 1 fully saturated rings. The fourth-order valence-electron chi connectivity index (χ4n) is 2.25. The number of benzene rings is 1. The Morgan fingerprint density at radius 1 is 1.35 bits per heavy atom. The average Bonchev–Trinajstić information content (AvgIpc) is 3.01. The second-order valence-electron chi connectivity index (χ2n) is 4.70. The van der Waals surface area contributed by atoms with Gasteiger partial charge in [0.05, 0.1) is 23.1 Å². The molecule has 1 amide bonds. The molecule has 104 valence electrons. The summed E-state index contributed by atoms with van der Waals surface area (Å²) in [7, 11) is 0. The van der Waals surface area contributed by atoms with Crippen molar-refractivity contribution in [2.24, 2.45) is 0 Å². The molecule has 0 radical (unpaired) electrons. The molecule has 0 atom stereocenters. The molecule has 2 aromatic rings. The number of hydrogen-bond donors (Lipinski definition) is 0. The fraction of sp³-hybridized carbons (Fsp3) is 0.357. The Labute approximate surface area is 120 Å². The first kappa shape index (κ1) is 13.2. The van der Waals surface area contributed by atoms with Gasteiger partial charge < -0.3 is 4.90 Å². The third-order valence-corrected chi connectivity index (χ3v) is 4.37. The van der Waals surface area contributed by atoms with Gasteiger partial charge in [-0.15, -0.1) is 11.8 Å². The number of carbonyl (C=O) groups is 1. The Balaban J connectivity index is 1.76. The highest BCUT2D eigenvalue weighted by atomic mass is 32.2. The largest absolute Gasteiger partial charge is 0.333 e. The molecule has 1 aliphatic heterocycles. The molecule has 1 aromatic carbocycles. The first-order valence-electron chi connectivity index (χ1n) is 6.55. The monoisotopic (exact) mass is 289 g/mol. The summed E-state index contributed by atoms with van der Waals surface area (Å²) < 4.78 is 1.52. The molecule has 0 aliphatic carbocycles. The van der Waals surface area contributed by atoms with Crippen molar-refractivity contribution in [2.75, 3.05) is 18.2 Å². The molecule has 3 rings (SSSR count). The average molecular weight is 289 g/mol. The van der Waals surface area contributed by atoms with Gasteiger partial charge in [-0.25, -0.2) is 4.98 Å². The van der Waals surface area contributed by atoms with Crippen LogP contribution in [0.15, 0.2) is 35.4 Å². The first-order chi connectivity index (χ1) is 9.75. The number of fused-ring (bicyclic) bond motifs is 1. The van der Waals surface area contributed by atoms with E-state index in [0.29, 0.717) is 23.9 Å². The number of para-hydroxylation sites is 1. The predicted octanol–water partition coefficient (Wildman–Crippen LogP) is 1.32. The van der Waals surface area contributed by atoms with Crippen LogP contribution in [0.1, 0.15) is 6.42 Å². The Morgan fingerprint density at radius 2 is 2.20 bits per heavy atom. The van der Waals surface area contributed by atoms with Crippen molar-refractivity contribution in [1.82, 2.24) is 14.5 Å². The van der Waals surface area contributed by atoms with Crippen molar-refractivity contribution in [2.45, 2.75) is 13.0 Å². The zero-order chi connectivity index (χ0) is 13.9. The van der Waals surface area contributed by atoms with Crippen LogP contribution in [0.25, 0.3) is 10.9 Å². The molecule has 1 saturated heterocycles. The number of amides is 1. The van der Waals surface area contributed by atoms with Crippen LogP contribution in [0.5, 0.6) is 0 Å². The SMILES string of the molecule is O=C(CCn1cnc2ccccc2c1=O)N1CCSC1. The standard InChI is InChI=1S/C14H15N3O2S/c18-13(17-7-8-20-10-17)5-6-16-9-15-12-4-2-1-3-11(12)14(16)19/h1-4,9H,5-8,10H2. The number of hydrogen-bond acceptors (Lipinski definition) is 4. The maximum Gasteiger partial charge on any atom is 0.261 e. The van der Waals surface area contributed by atoms with E-state index in [1.807, 2.05) is 23.1 Å². The van der Waals surface area contributed by atoms with Crippen molar-refractivity contribution >= 4 is 28.6 Å². The van der Waals surface area contributed by atoms with Crippen LogP contribution < -0.4 is 5.56 Å². The second kappa shape index (κ2) is 5.66. The van der Waals surface area contributed by atoms with E-state index in [4.69, 9.17) is 0 Å². The minimum Gasteiger partial charge on any atom is -0.333 e. The van der Waals surface area contributed by atoms with E-state index in [-0.39, 0.29) is 11.5 Å². The van der Waals surface area contributed by atoms with E-state index >= 15 is 0 Å². The van der Waals surface area contributed by atoms with E-state index in [9.17, 15) is 9.59 Å². The molecule has 0 spiro atoms. The molecule has 0 bridgehead atoms. The highest BCUT2D eigenvalue weighted by Crippen LogP contribution is 2.14. The fourth-order valence-corrected chi connectivity index (χ4v) is 3.22. The topological polar surface area (TPSA) is 55.2 Å². The molecule has 2 heterocycles. The summed E-state index contributed by atoms with van der Waals surface area (Å²) >= 11 is 1.76. The van der Waals surface area contributed by atoms with Gasteiger partial charge in [0.2, 0.25) is 5.91 Å². The Bertz CT molecular complexity index is 692. The van der Waals surface area contributed by atoms with Crippen molar-refractivity contribution in [3.63, 3.8) is 0 Å². The maximum atomic E-state index is 12.3. The molecule has 20 heavy (non-hydrogen) atoms. The third kappa shape index (κ3) is 2.56. The lowest BCUT2D eigenvalue weighted by atomic mass is 10.2. The summed E-state index contributed by atoms with van der Waals surface area (Å²) in [4.78, 5) is 30.3. The number of rotatable bonds is 3. The Kier molecular flexibility index (Phi) is 3.73. The number of carbonyl (C=O) groups excluding carboxylic acids is 1. The van der Waals surface area contributed by atoms with Gasteiger partial charge in [-0.05, 0) is 12.1 Å². The normalized spacial score (nSPS) is 14.9. The second-order valence-corrected chi connectivity index (χ2v) is 5.78. The van der Waals surface area contributed by atoms with Gasteiger partial charge in [0.15, 0.2) is 0 Å². The summed E-state index contributed by atoms with van der Waals surface area (Å²) in [6.07, 6.45) is 1.87. The van der Waals surface area contributed by atoms with E-state index in [1.54, 1.807) is 17.8 Å². The molecule has 0 N–H and O–H groups in total. The summed E-state index contributed by atoms with van der Waals surface area (Å²) in [5.74, 6) is 1.88. The number of aromatic nitrogens is 2. The molecule has 0 unspecified atom stereocenters. The van der Waals surface area contributed by atoms with Crippen LogP contribution in [-0.4, -0.2) is 38.5 Å². The smallest absolute Gasteiger partial charge is 0.261 e. The lowest BCUT2D eigenvalue weighted by Gasteiger charge is -2.14. The van der Waals surface area contributed by atoms with Gasteiger partial charge in [-0.1, -0.05) is 12.1 Å². The zero-order valence-corrected chi connectivity index (χ0v) is 11.8. The van der Waals surface area contributed by atoms with Crippen LogP contribution in [0.4, 0.5) is 0 Å². The molecular formula is C14H15N3O2S. The number of thioether (sulfide) groups is 1. The lowest BCUT2D eigenvalue weighted by Crippen LogP contribution is -2.30. The molecule has 1 aliphatic rings. The van der Waals surface area contributed by atoms with Gasteiger partial charge in [0.25, 0.3) is 5.56 Å². The molecule has 6 heteroatoms. The van der Waals surface area contributed by atoms with Crippen molar-refractivity contribution in [3.05, 3.63) is 40.9 Å². The maximum absolute atomic E-state index is 12.3. The van der Waals surface area contributed by atoms with E-state index in [2.05, 4.69) is 4.98 Å².